The van der Waals surface area contributed by atoms with Crippen LogP contribution in [-0.4, -0.2) is 16.8 Å². The first-order valence-corrected chi connectivity index (χ1v) is 8.12. The van der Waals surface area contributed by atoms with Crippen molar-refractivity contribution in [1.82, 2.24) is 15.1 Å². The number of nitrogens with zero attached hydrogens (tertiary/aromatic N) is 2. The predicted molar refractivity (Wildman–Crippen MR) is 84.3 cm³/mol. The van der Waals surface area contributed by atoms with Crippen molar-refractivity contribution in [3.05, 3.63) is 48.3 Å². The first kappa shape index (κ1) is 13.1. The van der Waals surface area contributed by atoms with Crippen molar-refractivity contribution in [3.8, 4) is 5.69 Å². The number of nitrogens with one attached hydrogen (secondary N) is 1. The van der Waals surface area contributed by atoms with E-state index in [0.29, 0.717) is 6.04 Å². The van der Waals surface area contributed by atoms with Crippen LogP contribution in [0.15, 0.2) is 42.7 Å². The molecule has 0 radical (unpaired) electrons. The highest BCUT2D eigenvalue weighted by atomic mass is 15.3. The Bertz CT molecular complexity index is 604. The van der Waals surface area contributed by atoms with E-state index < -0.39 is 0 Å². The summed E-state index contributed by atoms with van der Waals surface area (Å²) in [6.45, 7) is 0. The van der Waals surface area contributed by atoms with Crippen molar-refractivity contribution in [2.24, 2.45) is 17.8 Å². The minimum absolute atomic E-state index is 0.456. The Morgan fingerprint density at radius 1 is 1.19 bits per heavy atom. The highest BCUT2D eigenvalue weighted by Crippen LogP contribution is 2.52. The fraction of sp³-hybridized carbons (Fsp3) is 0.500. The second-order valence-electron chi connectivity index (χ2n) is 6.66. The Morgan fingerprint density at radius 3 is 2.71 bits per heavy atom. The Hall–Kier alpha value is -1.61. The molecule has 1 heterocycles. The quantitative estimate of drug-likeness (QED) is 0.928. The van der Waals surface area contributed by atoms with Gasteiger partial charge in [0.2, 0.25) is 0 Å². The fourth-order valence-electron chi connectivity index (χ4n) is 4.55. The Morgan fingerprint density at radius 2 is 2.05 bits per heavy atom. The van der Waals surface area contributed by atoms with Gasteiger partial charge >= 0.3 is 0 Å². The lowest BCUT2D eigenvalue weighted by molar-refractivity contribution is 0.259. The SMILES string of the molecule is CNC(c1cnn(-c2ccccc2)c1)C1CC2CCC1C2. The average molecular weight is 281 g/mol. The molecule has 0 amide bonds. The molecule has 4 atom stereocenters. The van der Waals surface area contributed by atoms with E-state index in [0.717, 1.165) is 23.4 Å². The third-order valence-electron chi connectivity index (χ3n) is 5.51. The van der Waals surface area contributed by atoms with Crippen LogP contribution in [0.2, 0.25) is 0 Å². The standard InChI is InChI=1S/C18H23N3/c1-19-18(17-10-13-7-8-14(17)9-13)15-11-20-21(12-15)16-5-3-2-4-6-16/h2-6,11-14,17-19H,7-10H2,1H3. The van der Waals surface area contributed by atoms with Gasteiger partial charge in [-0.25, -0.2) is 4.68 Å². The highest BCUT2D eigenvalue weighted by Gasteiger charge is 2.43. The van der Waals surface area contributed by atoms with Gasteiger partial charge < -0.3 is 5.32 Å². The molecule has 2 aliphatic rings. The van der Waals surface area contributed by atoms with Crippen LogP contribution in [0.5, 0.6) is 0 Å². The van der Waals surface area contributed by atoms with Gasteiger partial charge in [0, 0.05) is 17.8 Å². The summed E-state index contributed by atoms with van der Waals surface area (Å²) >= 11 is 0. The first-order valence-electron chi connectivity index (χ1n) is 8.12. The molecule has 1 aromatic heterocycles. The van der Waals surface area contributed by atoms with Crippen molar-refractivity contribution < 1.29 is 0 Å². The second-order valence-corrected chi connectivity index (χ2v) is 6.66. The van der Waals surface area contributed by atoms with Crippen LogP contribution in [0, 0.1) is 17.8 Å². The van der Waals surface area contributed by atoms with E-state index in [-0.39, 0.29) is 0 Å². The maximum atomic E-state index is 4.57. The third kappa shape index (κ3) is 2.30. The second kappa shape index (κ2) is 5.30. The van der Waals surface area contributed by atoms with Crippen LogP contribution in [0.25, 0.3) is 5.69 Å². The maximum absolute atomic E-state index is 4.57. The zero-order valence-corrected chi connectivity index (χ0v) is 12.6. The molecule has 3 heteroatoms. The van der Waals surface area contributed by atoms with Gasteiger partial charge in [-0.15, -0.1) is 0 Å². The maximum Gasteiger partial charge on any atom is 0.0645 e. The van der Waals surface area contributed by atoms with Crippen molar-refractivity contribution in [2.75, 3.05) is 7.05 Å². The molecule has 0 spiro atoms. The van der Waals surface area contributed by atoms with Crippen LogP contribution < -0.4 is 5.32 Å². The number of hydrogen-bond acceptors (Lipinski definition) is 2. The van der Waals surface area contributed by atoms with Gasteiger partial charge in [-0.05, 0) is 56.2 Å². The molecule has 2 saturated carbocycles. The van der Waals surface area contributed by atoms with E-state index in [9.17, 15) is 0 Å². The minimum atomic E-state index is 0.456. The molecule has 2 aliphatic carbocycles. The summed E-state index contributed by atoms with van der Waals surface area (Å²) in [4.78, 5) is 0. The number of benzene rings is 1. The molecule has 0 saturated heterocycles. The van der Waals surface area contributed by atoms with Crippen LogP contribution >= 0.6 is 0 Å². The van der Waals surface area contributed by atoms with Gasteiger partial charge in [-0.1, -0.05) is 24.6 Å². The lowest BCUT2D eigenvalue weighted by Crippen LogP contribution is -2.28. The van der Waals surface area contributed by atoms with Crippen LogP contribution in [0.4, 0.5) is 0 Å². The molecule has 21 heavy (non-hydrogen) atoms. The molecule has 4 rings (SSSR count). The van der Waals surface area contributed by atoms with E-state index >= 15 is 0 Å². The zero-order valence-electron chi connectivity index (χ0n) is 12.6. The van der Waals surface area contributed by atoms with Crippen LogP contribution in [-0.2, 0) is 0 Å². The molecule has 1 N–H and O–H groups in total. The van der Waals surface area contributed by atoms with E-state index in [1.54, 1.807) is 0 Å². The minimum Gasteiger partial charge on any atom is -0.313 e. The summed E-state index contributed by atoms with van der Waals surface area (Å²) < 4.78 is 1.99. The Balaban J connectivity index is 1.59. The van der Waals surface area contributed by atoms with Crippen molar-refractivity contribution in [3.63, 3.8) is 0 Å². The number of fused-ring (bicyclic) bond motifs is 2. The van der Waals surface area contributed by atoms with Crippen molar-refractivity contribution >= 4 is 0 Å². The summed E-state index contributed by atoms with van der Waals surface area (Å²) in [7, 11) is 2.09. The molecular weight excluding hydrogens is 258 g/mol. The molecule has 2 aromatic rings. The van der Waals surface area contributed by atoms with Crippen LogP contribution in [0.3, 0.4) is 0 Å². The number of para-hydroxylation sites is 1. The predicted octanol–water partition coefficient (Wildman–Crippen LogP) is 3.57. The smallest absolute Gasteiger partial charge is 0.0645 e. The summed E-state index contributed by atoms with van der Waals surface area (Å²) in [5.74, 6) is 2.70. The Kier molecular flexibility index (Phi) is 3.30. The van der Waals surface area contributed by atoms with Gasteiger partial charge in [-0.2, -0.15) is 5.10 Å². The normalized spacial score (nSPS) is 28.9. The summed E-state index contributed by atoms with van der Waals surface area (Å²) in [6.07, 6.45) is 9.98. The van der Waals surface area contributed by atoms with Crippen LogP contribution in [0.1, 0.15) is 37.3 Å². The van der Waals surface area contributed by atoms with E-state index in [1.165, 1.54) is 31.2 Å². The lowest BCUT2D eigenvalue weighted by Gasteiger charge is -2.29. The summed E-state index contributed by atoms with van der Waals surface area (Å²) in [5.41, 5.74) is 2.46. The summed E-state index contributed by atoms with van der Waals surface area (Å²) in [5, 5.41) is 8.12. The van der Waals surface area contributed by atoms with Gasteiger partial charge in [0.05, 0.1) is 11.9 Å². The van der Waals surface area contributed by atoms with E-state index in [4.69, 9.17) is 0 Å². The largest absolute Gasteiger partial charge is 0.313 e. The molecule has 2 bridgehead atoms. The first-order chi connectivity index (χ1) is 10.3. The van der Waals surface area contributed by atoms with Crippen molar-refractivity contribution in [2.45, 2.75) is 31.7 Å². The summed E-state index contributed by atoms with van der Waals surface area (Å²) in [6, 6.07) is 10.8. The van der Waals surface area contributed by atoms with Gasteiger partial charge in [0.25, 0.3) is 0 Å². The number of rotatable bonds is 4. The van der Waals surface area contributed by atoms with Gasteiger partial charge in [-0.3, -0.25) is 0 Å². The Labute approximate surface area is 126 Å². The van der Waals surface area contributed by atoms with E-state index in [2.05, 4.69) is 47.9 Å². The highest BCUT2D eigenvalue weighted by molar-refractivity contribution is 5.31. The van der Waals surface area contributed by atoms with Crippen molar-refractivity contribution in [1.29, 1.82) is 0 Å². The van der Waals surface area contributed by atoms with Gasteiger partial charge in [0.1, 0.15) is 0 Å². The number of aromatic nitrogens is 2. The fourth-order valence-corrected chi connectivity index (χ4v) is 4.55. The zero-order chi connectivity index (χ0) is 14.2. The molecule has 4 unspecified atom stereocenters. The lowest BCUT2D eigenvalue weighted by atomic mass is 9.81. The molecule has 0 aliphatic heterocycles. The van der Waals surface area contributed by atoms with Gasteiger partial charge in [0.15, 0.2) is 0 Å². The molecule has 2 fully saturated rings. The number of hydrogen-bond donors (Lipinski definition) is 1. The molecule has 1 aromatic carbocycles. The molecule has 3 nitrogen and oxygen atoms in total. The van der Waals surface area contributed by atoms with E-state index in [1.807, 2.05) is 16.9 Å². The topological polar surface area (TPSA) is 29.9 Å². The average Bonchev–Trinajstić information content (AvgIpc) is 3.25. The monoisotopic (exact) mass is 281 g/mol. The third-order valence-corrected chi connectivity index (χ3v) is 5.51. The molecular formula is C18H23N3. The molecule has 110 valence electrons.